The van der Waals surface area contributed by atoms with Gasteiger partial charge in [-0.2, -0.15) is 0 Å². The van der Waals surface area contributed by atoms with Crippen LogP contribution in [0.2, 0.25) is 0 Å². The largest absolute Gasteiger partial charge is 0.497 e. The number of methoxy groups -OCH3 is 1. The molecule has 0 saturated carbocycles. The van der Waals surface area contributed by atoms with Crippen molar-refractivity contribution in [1.82, 2.24) is 4.57 Å². The molecule has 0 N–H and O–H groups in total. The molecule has 6 nitrogen and oxygen atoms in total. The number of hydrogen-bond acceptors (Lipinski definition) is 4. The molecule has 21 heavy (non-hydrogen) atoms. The molecule has 1 aromatic carbocycles. The summed E-state index contributed by atoms with van der Waals surface area (Å²) in [5, 5.41) is 10.7. The summed E-state index contributed by atoms with van der Waals surface area (Å²) >= 11 is 0. The van der Waals surface area contributed by atoms with E-state index in [9.17, 15) is 14.9 Å². The number of nitro groups is 1. The summed E-state index contributed by atoms with van der Waals surface area (Å²) in [7, 11) is 1.61. The molecule has 1 heterocycles. The van der Waals surface area contributed by atoms with Crippen molar-refractivity contribution in [3.05, 3.63) is 68.6 Å². The van der Waals surface area contributed by atoms with Crippen LogP contribution >= 0.6 is 0 Å². The van der Waals surface area contributed by atoms with Crippen molar-refractivity contribution in [2.45, 2.75) is 19.4 Å². The van der Waals surface area contributed by atoms with Crippen molar-refractivity contribution in [2.24, 2.45) is 0 Å². The predicted octanol–water partition coefficient (Wildman–Crippen LogP) is 2.40. The molecule has 0 saturated heterocycles. The molecule has 0 spiro atoms. The standard InChI is InChI=1S/C15H16N2O4/c1-21-14-6-2-4-12(10-14)5-3-9-16-11-13(17(19)20)7-8-15(16)18/h2,4,6-8,10-11H,3,5,9H2,1H3. The Labute approximate surface area is 121 Å². The zero-order valence-electron chi connectivity index (χ0n) is 11.7. The van der Waals surface area contributed by atoms with E-state index in [2.05, 4.69) is 0 Å². The van der Waals surface area contributed by atoms with Gasteiger partial charge in [0.15, 0.2) is 0 Å². The minimum Gasteiger partial charge on any atom is -0.497 e. The Morgan fingerprint density at radius 1 is 1.29 bits per heavy atom. The topological polar surface area (TPSA) is 74.4 Å². The van der Waals surface area contributed by atoms with E-state index in [1.807, 2.05) is 24.3 Å². The first kappa shape index (κ1) is 14.8. The summed E-state index contributed by atoms with van der Waals surface area (Å²) in [5.41, 5.74) is 0.801. The number of aromatic nitrogens is 1. The SMILES string of the molecule is COc1cccc(CCCn2cc([N+](=O)[O-])ccc2=O)c1. The Bertz CT molecular complexity index is 694. The van der Waals surface area contributed by atoms with Crippen LogP contribution in [0.3, 0.4) is 0 Å². The highest BCUT2D eigenvalue weighted by atomic mass is 16.6. The Hall–Kier alpha value is -2.63. The quantitative estimate of drug-likeness (QED) is 0.604. The minimum atomic E-state index is -0.502. The van der Waals surface area contributed by atoms with Crippen molar-refractivity contribution >= 4 is 5.69 Å². The van der Waals surface area contributed by atoms with Gasteiger partial charge in [-0.15, -0.1) is 0 Å². The summed E-state index contributed by atoms with van der Waals surface area (Å²) in [6, 6.07) is 10.2. The summed E-state index contributed by atoms with van der Waals surface area (Å²) in [6.45, 7) is 0.442. The maximum absolute atomic E-state index is 11.7. The molecule has 0 bridgehead atoms. The number of hydrogen-bond donors (Lipinski definition) is 0. The Morgan fingerprint density at radius 3 is 2.81 bits per heavy atom. The Morgan fingerprint density at radius 2 is 2.10 bits per heavy atom. The summed E-state index contributed by atoms with van der Waals surface area (Å²) in [6.07, 6.45) is 2.77. The van der Waals surface area contributed by atoms with Gasteiger partial charge in [0.2, 0.25) is 0 Å². The average Bonchev–Trinajstić information content (AvgIpc) is 2.49. The highest BCUT2D eigenvalue weighted by Gasteiger charge is 2.07. The van der Waals surface area contributed by atoms with Gasteiger partial charge >= 0.3 is 0 Å². The average molecular weight is 288 g/mol. The van der Waals surface area contributed by atoms with Gasteiger partial charge in [0.1, 0.15) is 5.75 Å². The predicted molar refractivity (Wildman–Crippen MR) is 78.7 cm³/mol. The molecule has 0 radical (unpaired) electrons. The van der Waals surface area contributed by atoms with Gasteiger partial charge in [0.05, 0.1) is 18.2 Å². The van der Waals surface area contributed by atoms with E-state index < -0.39 is 4.92 Å². The van der Waals surface area contributed by atoms with Crippen molar-refractivity contribution in [1.29, 1.82) is 0 Å². The summed E-state index contributed by atoms with van der Waals surface area (Å²) in [5.74, 6) is 0.792. The number of pyridine rings is 1. The fourth-order valence-electron chi connectivity index (χ4n) is 2.08. The maximum atomic E-state index is 11.7. The zero-order valence-corrected chi connectivity index (χ0v) is 11.7. The van der Waals surface area contributed by atoms with Crippen LogP contribution in [-0.2, 0) is 13.0 Å². The third kappa shape index (κ3) is 3.92. The van der Waals surface area contributed by atoms with Crippen LogP contribution < -0.4 is 10.3 Å². The van der Waals surface area contributed by atoms with Crippen LogP contribution in [0.4, 0.5) is 5.69 Å². The molecule has 0 aliphatic rings. The minimum absolute atomic E-state index is 0.0732. The molecular weight excluding hydrogens is 272 g/mol. The number of rotatable bonds is 6. The second-order valence-corrected chi connectivity index (χ2v) is 4.63. The van der Waals surface area contributed by atoms with Gasteiger partial charge < -0.3 is 9.30 Å². The van der Waals surface area contributed by atoms with E-state index in [1.165, 1.54) is 22.9 Å². The van der Waals surface area contributed by atoms with Crippen molar-refractivity contribution in [3.63, 3.8) is 0 Å². The van der Waals surface area contributed by atoms with E-state index in [0.717, 1.165) is 17.7 Å². The Kier molecular flexibility index (Phi) is 4.71. The second kappa shape index (κ2) is 6.69. The third-order valence-electron chi connectivity index (χ3n) is 3.18. The molecule has 2 aromatic rings. The van der Waals surface area contributed by atoms with Crippen molar-refractivity contribution in [3.8, 4) is 5.75 Å². The van der Waals surface area contributed by atoms with E-state index in [4.69, 9.17) is 4.74 Å². The van der Waals surface area contributed by atoms with Gasteiger partial charge in [-0.3, -0.25) is 14.9 Å². The molecule has 2 rings (SSSR count). The monoisotopic (exact) mass is 288 g/mol. The lowest BCUT2D eigenvalue weighted by Crippen LogP contribution is -2.19. The van der Waals surface area contributed by atoms with E-state index in [0.29, 0.717) is 13.0 Å². The zero-order chi connectivity index (χ0) is 15.2. The maximum Gasteiger partial charge on any atom is 0.285 e. The molecule has 0 fully saturated rings. The number of ether oxygens (including phenoxy) is 1. The van der Waals surface area contributed by atoms with E-state index in [-0.39, 0.29) is 11.2 Å². The summed E-state index contributed by atoms with van der Waals surface area (Å²) < 4.78 is 6.52. The molecule has 0 atom stereocenters. The molecule has 0 amide bonds. The lowest BCUT2D eigenvalue weighted by Gasteiger charge is -2.06. The fourth-order valence-corrected chi connectivity index (χ4v) is 2.08. The second-order valence-electron chi connectivity index (χ2n) is 4.63. The number of aryl methyl sites for hydroxylation is 2. The molecule has 0 unspecified atom stereocenters. The van der Waals surface area contributed by atoms with Gasteiger partial charge in [0, 0.05) is 18.7 Å². The van der Waals surface area contributed by atoms with Crippen LogP contribution in [0.15, 0.2) is 47.4 Å². The molecule has 1 aromatic heterocycles. The lowest BCUT2D eigenvalue weighted by molar-refractivity contribution is -0.385. The molecular formula is C15H16N2O4. The molecule has 0 aliphatic heterocycles. The lowest BCUT2D eigenvalue weighted by atomic mass is 10.1. The Balaban J connectivity index is 2.01. The first-order valence-corrected chi connectivity index (χ1v) is 6.58. The van der Waals surface area contributed by atoms with Crippen LogP contribution in [0, 0.1) is 10.1 Å². The molecule has 110 valence electrons. The number of nitrogens with zero attached hydrogens (tertiary/aromatic N) is 2. The van der Waals surface area contributed by atoms with Gasteiger partial charge in [-0.25, -0.2) is 0 Å². The number of benzene rings is 1. The van der Waals surface area contributed by atoms with Crippen LogP contribution in [0.25, 0.3) is 0 Å². The van der Waals surface area contributed by atoms with Crippen molar-refractivity contribution in [2.75, 3.05) is 7.11 Å². The summed E-state index contributed by atoms with van der Waals surface area (Å²) in [4.78, 5) is 21.9. The highest BCUT2D eigenvalue weighted by Crippen LogP contribution is 2.14. The van der Waals surface area contributed by atoms with E-state index in [1.54, 1.807) is 7.11 Å². The molecule has 0 aliphatic carbocycles. The van der Waals surface area contributed by atoms with E-state index >= 15 is 0 Å². The first-order chi connectivity index (χ1) is 10.1. The first-order valence-electron chi connectivity index (χ1n) is 6.58. The van der Waals surface area contributed by atoms with Crippen LogP contribution in [0.1, 0.15) is 12.0 Å². The van der Waals surface area contributed by atoms with Gasteiger partial charge in [-0.1, -0.05) is 12.1 Å². The molecule has 6 heteroatoms. The fraction of sp³-hybridized carbons (Fsp3) is 0.267. The highest BCUT2D eigenvalue weighted by molar-refractivity contribution is 5.28. The smallest absolute Gasteiger partial charge is 0.285 e. The van der Waals surface area contributed by atoms with Crippen molar-refractivity contribution < 1.29 is 9.66 Å². The van der Waals surface area contributed by atoms with Gasteiger partial charge in [-0.05, 0) is 30.5 Å². The normalized spacial score (nSPS) is 10.3. The van der Waals surface area contributed by atoms with Crippen LogP contribution in [0.5, 0.6) is 5.75 Å². The third-order valence-corrected chi connectivity index (χ3v) is 3.18. The van der Waals surface area contributed by atoms with Crippen LogP contribution in [-0.4, -0.2) is 16.6 Å². The van der Waals surface area contributed by atoms with Gasteiger partial charge in [0.25, 0.3) is 11.2 Å².